The molecule has 0 radical (unpaired) electrons. The molecule has 0 aliphatic heterocycles. The molecule has 0 heterocycles. The molecule has 0 aliphatic rings. The SMILES string of the molecule is COc1ccc([Se]C#CCOc2ccc(C)cc2)cc1. The van der Waals surface area contributed by atoms with Crippen molar-refractivity contribution < 1.29 is 9.47 Å². The van der Waals surface area contributed by atoms with Gasteiger partial charge in [0.25, 0.3) is 0 Å². The van der Waals surface area contributed by atoms with Crippen molar-refractivity contribution in [3.63, 3.8) is 0 Å². The molecule has 0 amide bonds. The fourth-order valence-corrected chi connectivity index (χ4v) is 2.62. The molecule has 2 aromatic rings. The Morgan fingerprint density at radius 1 is 0.950 bits per heavy atom. The van der Waals surface area contributed by atoms with Gasteiger partial charge in [0.1, 0.15) is 0 Å². The van der Waals surface area contributed by atoms with E-state index in [1.807, 2.05) is 48.5 Å². The summed E-state index contributed by atoms with van der Waals surface area (Å²) in [6.45, 7) is 2.49. The molecule has 0 atom stereocenters. The molecule has 3 heteroatoms. The van der Waals surface area contributed by atoms with E-state index in [-0.39, 0.29) is 15.0 Å². The van der Waals surface area contributed by atoms with Crippen LogP contribution in [-0.2, 0) is 0 Å². The molecule has 2 aromatic carbocycles. The zero-order valence-corrected chi connectivity index (χ0v) is 13.3. The van der Waals surface area contributed by atoms with Gasteiger partial charge in [0.2, 0.25) is 0 Å². The normalized spacial score (nSPS) is 9.50. The van der Waals surface area contributed by atoms with Crippen molar-refractivity contribution in [2.45, 2.75) is 6.92 Å². The van der Waals surface area contributed by atoms with Gasteiger partial charge >= 0.3 is 126 Å². The van der Waals surface area contributed by atoms with Crippen LogP contribution in [0, 0.1) is 17.7 Å². The van der Waals surface area contributed by atoms with E-state index in [4.69, 9.17) is 9.47 Å². The van der Waals surface area contributed by atoms with Gasteiger partial charge < -0.3 is 0 Å². The summed E-state index contributed by atoms with van der Waals surface area (Å²) in [6.07, 6.45) is 0. The Morgan fingerprint density at radius 3 is 2.25 bits per heavy atom. The fourth-order valence-electron chi connectivity index (χ4n) is 1.52. The van der Waals surface area contributed by atoms with Gasteiger partial charge in [0.05, 0.1) is 0 Å². The minimum atomic E-state index is 0.156. The molecule has 0 spiro atoms. The maximum absolute atomic E-state index is 5.55. The Kier molecular flexibility index (Phi) is 5.55. The maximum atomic E-state index is 5.55. The van der Waals surface area contributed by atoms with Gasteiger partial charge in [-0.25, -0.2) is 0 Å². The van der Waals surface area contributed by atoms with Crippen LogP contribution in [0.25, 0.3) is 0 Å². The molecule has 0 aliphatic carbocycles. The summed E-state index contributed by atoms with van der Waals surface area (Å²) in [5, 5.41) is 0. The first kappa shape index (κ1) is 14.5. The molecule has 0 saturated carbocycles. The molecular formula is C17H16O2Se. The Hall–Kier alpha value is -1.88. The van der Waals surface area contributed by atoms with Gasteiger partial charge in [-0.2, -0.15) is 0 Å². The van der Waals surface area contributed by atoms with E-state index < -0.39 is 0 Å². The summed E-state index contributed by atoms with van der Waals surface area (Å²) in [5.74, 6) is 4.79. The van der Waals surface area contributed by atoms with E-state index in [9.17, 15) is 0 Å². The molecule has 0 saturated heterocycles. The average Bonchev–Trinajstić information content (AvgIpc) is 2.49. The number of benzene rings is 2. The van der Waals surface area contributed by atoms with Crippen LogP contribution >= 0.6 is 0 Å². The topological polar surface area (TPSA) is 18.5 Å². The predicted molar refractivity (Wildman–Crippen MR) is 82.8 cm³/mol. The van der Waals surface area contributed by atoms with E-state index >= 15 is 0 Å². The molecule has 0 fully saturated rings. The first-order valence-corrected chi connectivity index (χ1v) is 7.97. The summed E-state index contributed by atoms with van der Waals surface area (Å²) in [6, 6.07) is 16.0. The summed E-state index contributed by atoms with van der Waals surface area (Å²) < 4.78 is 11.9. The number of rotatable bonds is 4. The van der Waals surface area contributed by atoms with Gasteiger partial charge in [0, 0.05) is 0 Å². The number of hydrogen-bond acceptors (Lipinski definition) is 2. The molecule has 102 valence electrons. The van der Waals surface area contributed by atoms with Crippen LogP contribution in [0.15, 0.2) is 48.5 Å². The predicted octanol–water partition coefficient (Wildman–Crippen LogP) is 2.37. The Morgan fingerprint density at radius 2 is 1.60 bits per heavy atom. The van der Waals surface area contributed by atoms with Crippen molar-refractivity contribution >= 4 is 19.4 Å². The van der Waals surface area contributed by atoms with Gasteiger partial charge in [-0.15, -0.1) is 0 Å². The van der Waals surface area contributed by atoms with E-state index in [2.05, 4.69) is 17.7 Å². The number of aryl methyl sites for hydroxylation is 1. The van der Waals surface area contributed by atoms with Crippen molar-refractivity contribution in [1.29, 1.82) is 0 Å². The summed E-state index contributed by atoms with van der Waals surface area (Å²) in [4.78, 5) is 3.17. The van der Waals surface area contributed by atoms with E-state index in [0.717, 1.165) is 11.5 Å². The molecule has 0 bridgehead atoms. The molecule has 0 unspecified atom stereocenters. The Bertz CT molecular complexity index is 592. The summed E-state index contributed by atoms with van der Waals surface area (Å²) in [7, 11) is 1.67. The number of methoxy groups -OCH3 is 1. The van der Waals surface area contributed by atoms with E-state index in [0.29, 0.717) is 6.61 Å². The third kappa shape index (κ3) is 4.66. The van der Waals surface area contributed by atoms with E-state index in [1.165, 1.54) is 10.0 Å². The standard InChI is InChI=1S/C17H16O2Se/c1-14-4-6-16(7-5-14)19-12-3-13-20-17-10-8-15(18-2)9-11-17/h4-11H,12H2,1-2H3. The van der Waals surface area contributed by atoms with Crippen LogP contribution in [0.1, 0.15) is 5.56 Å². The monoisotopic (exact) mass is 332 g/mol. The van der Waals surface area contributed by atoms with Crippen LogP contribution in [0.4, 0.5) is 0 Å². The average molecular weight is 331 g/mol. The second-order valence-corrected chi connectivity index (χ2v) is 6.00. The Labute approximate surface area is 126 Å². The van der Waals surface area contributed by atoms with Gasteiger partial charge in [0.15, 0.2) is 0 Å². The third-order valence-corrected chi connectivity index (χ3v) is 4.21. The van der Waals surface area contributed by atoms with Gasteiger partial charge in [-0.1, -0.05) is 0 Å². The molecule has 2 rings (SSSR count). The summed E-state index contributed by atoms with van der Waals surface area (Å²) >= 11 is 0.156. The van der Waals surface area contributed by atoms with Gasteiger partial charge in [-0.05, 0) is 0 Å². The van der Waals surface area contributed by atoms with Crippen molar-refractivity contribution in [3.05, 3.63) is 54.1 Å². The number of ether oxygens (including phenoxy) is 2. The van der Waals surface area contributed by atoms with Crippen LogP contribution in [-0.4, -0.2) is 28.7 Å². The van der Waals surface area contributed by atoms with Crippen molar-refractivity contribution in [2.75, 3.05) is 13.7 Å². The molecule has 2 nitrogen and oxygen atoms in total. The molecular weight excluding hydrogens is 315 g/mol. The van der Waals surface area contributed by atoms with Crippen molar-refractivity contribution in [3.8, 4) is 22.2 Å². The van der Waals surface area contributed by atoms with Crippen molar-refractivity contribution in [1.82, 2.24) is 0 Å². The second kappa shape index (κ2) is 7.65. The first-order chi connectivity index (χ1) is 9.78. The minimum absolute atomic E-state index is 0.156. The quantitative estimate of drug-likeness (QED) is 0.633. The molecule has 20 heavy (non-hydrogen) atoms. The Balaban J connectivity index is 1.78. The van der Waals surface area contributed by atoms with Crippen LogP contribution in [0.5, 0.6) is 11.5 Å². The number of hydrogen-bond donors (Lipinski definition) is 0. The third-order valence-electron chi connectivity index (χ3n) is 2.63. The van der Waals surface area contributed by atoms with Gasteiger partial charge in [-0.3, -0.25) is 0 Å². The molecule has 0 aromatic heterocycles. The van der Waals surface area contributed by atoms with Crippen LogP contribution in [0.2, 0.25) is 0 Å². The first-order valence-electron chi connectivity index (χ1n) is 6.26. The zero-order valence-electron chi connectivity index (χ0n) is 11.6. The van der Waals surface area contributed by atoms with Crippen molar-refractivity contribution in [2.24, 2.45) is 0 Å². The van der Waals surface area contributed by atoms with Crippen LogP contribution in [0.3, 0.4) is 0 Å². The second-order valence-electron chi connectivity index (χ2n) is 4.16. The van der Waals surface area contributed by atoms with Crippen LogP contribution < -0.4 is 13.9 Å². The summed E-state index contributed by atoms with van der Waals surface area (Å²) in [5.41, 5.74) is 1.23. The van der Waals surface area contributed by atoms with E-state index in [1.54, 1.807) is 7.11 Å². The molecule has 0 N–H and O–H groups in total. The zero-order chi connectivity index (χ0) is 14.2. The fraction of sp³-hybridized carbons (Fsp3) is 0.176.